The molecule has 0 radical (unpaired) electrons. The van der Waals surface area contributed by atoms with Crippen LogP contribution in [0.2, 0.25) is 0 Å². The van der Waals surface area contributed by atoms with Crippen molar-refractivity contribution in [3.63, 3.8) is 0 Å². The maximum absolute atomic E-state index is 4.83. The molecule has 8 rings (SSSR count). The van der Waals surface area contributed by atoms with Crippen LogP contribution in [0, 0.1) is 0 Å². The first-order valence-corrected chi connectivity index (χ1v) is 12.8. The molecule has 0 fully saturated rings. The van der Waals surface area contributed by atoms with E-state index < -0.39 is 0 Å². The minimum absolute atomic E-state index is 0.880. The maximum atomic E-state index is 4.83. The van der Waals surface area contributed by atoms with Crippen LogP contribution in [0.25, 0.3) is 55.6 Å². The van der Waals surface area contributed by atoms with Crippen LogP contribution in [0.5, 0.6) is 0 Å². The number of aromatic nitrogens is 3. The maximum Gasteiger partial charge on any atom is 0.137 e. The van der Waals surface area contributed by atoms with E-state index >= 15 is 0 Å². The van der Waals surface area contributed by atoms with Gasteiger partial charge in [0.15, 0.2) is 0 Å². The van der Waals surface area contributed by atoms with Gasteiger partial charge >= 0.3 is 0 Å². The smallest absolute Gasteiger partial charge is 0.137 e. The number of para-hydroxylation sites is 2. The number of benzene rings is 4. The van der Waals surface area contributed by atoms with E-state index in [1.807, 2.05) is 30.6 Å². The summed E-state index contributed by atoms with van der Waals surface area (Å²) < 4.78 is 2.38. The SMILES string of the molecule is C1=CN(c2ccc(-c3ccccn3)cn2)c2cccc3cc4c(c1c23)c1ccccc1n4-c1ccccc1. The molecular formula is C34H22N4. The molecule has 1 aliphatic heterocycles. The highest BCUT2D eigenvalue weighted by atomic mass is 15.2. The van der Waals surface area contributed by atoms with Gasteiger partial charge in [0.1, 0.15) is 5.82 Å². The van der Waals surface area contributed by atoms with Gasteiger partial charge in [-0.2, -0.15) is 0 Å². The molecule has 3 aromatic heterocycles. The van der Waals surface area contributed by atoms with Crippen LogP contribution in [0.1, 0.15) is 5.56 Å². The molecule has 0 bridgehead atoms. The van der Waals surface area contributed by atoms with E-state index in [1.165, 1.54) is 43.8 Å². The first kappa shape index (κ1) is 20.9. The van der Waals surface area contributed by atoms with Crippen LogP contribution in [0.4, 0.5) is 11.5 Å². The van der Waals surface area contributed by atoms with Crippen LogP contribution in [-0.2, 0) is 0 Å². The molecule has 0 spiro atoms. The van der Waals surface area contributed by atoms with Gasteiger partial charge in [-0.25, -0.2) is 4.98 Å². The molecule has 0 unspecified atom stereocenters. The van der Waals surface area contributed by atoms with Crippen molar-refractivity contribution in [3.05, 3.63) is 133 Å². The number of fused-ring (bicyclic) bond motifs is 4. The number of anilines is 2. The Kier molecular flexibility index (Phi) is 4.49. The molecule has 4 nitrogen and oxygen atoms in total. The number of hydrogen-bond acceptors (Lipinski definition) is 3. The van der Waals surface area contributed by atoms with Crippen LogP contribution < -0.4 is 4.90 Å². The van der Waals surface area contributed by atoms with E-state index in [1.54, 1.807) is 0 Å². The lowest BCUT2D eigenvalue weighted by Gasteiger charge is -2.26. The van der Waals surface area contributed by atoms with Gasteiger partial charge in [0, 0.05) is 46.0 Å². The van der Waals surface area contributed by atoms with Crippen molar-refractivity contribution in [2.45, 2.75) is 0 Å². The molecule has 7 aromatic rings. The van der Waals surface area contributed by atoms with E-state index in [9.17, 15) is 0 Å². The highest BCUT2D eigenvalue weighted by Crippen LogP contribution is 2.45. The average Bonchev–Trinajstić information content (AvgIpc) is 3.32. The zero-order valence-electron chi connectivity index (χ0n) is 20.5. The summed E-state index contributed by atoms with van der Waals surface area (Å²) in [7, 11) is 0. The molecule has 0 atom stereocenters. The fourth-order valence-corrected chi connectivity index (χ4v) is 5.79. The van der Waals surface area contributed by atoms with Crippen molar-refractivity contribution >= 4 is 50.2 Å². The molecule has 178 valence electrons. The molecule has 0 N–H and O–H groups in total. The van der Waals surface area contributed by atoms with Crippen molar-refractivity contribution in [1.29, 1.82) is 0 Å². The second-order valence-corrected chi connectivity index (χ2v) is 9.55. The topological polar surface area (TPSA) is 34.0 Å². The summed E-state index contributed by atoms with van der Waals surface area (Å²) in [5.74, 6) is 0.880. The third-order valence-corrected chi connectivity index (χ3v) is 7.44. The minimum Gasteiger partial charge on any atom is -0.309 e. The Morgan fingerprint density at radius 2 is 1.50 bits per heavy atom. The molecule has 38 heavy (non-hydrogen) atoms. The van der Waals surface area contributed by atoms with Gasteiger partial charge < -0.3 is 9.47 Å². The summed E-state index contributed by atoms with van der Waals surface area (Å²) in [4.78, 5) is 11.5. The van der Waals surface area contributed by atoms with Crippen LogP contribution in [0.3, 0.4) is 0 Å². The monoisotopic (exact) mass is 486 g/mol. The Hall–Kier alpha value is -5.22. The minimum atomic E-state index is 0.880. The number of pyridine rings is 2. The lowest BCUT2D eigenvalue weighted by Crippen LogP contribution is -2.13. The fourth-order valence-electron chi connectivity index (χ4n) is 5.79. The molecule has 0 saturated heterocycles. The molecule has 4 heterocycles. The fraction of sp³-hybridized carbons (Fsp3) is 0. The lowest BCUT2D eigenvalue weighted by atomic mass is 9.95. The van der Waals surface area contributed by atoms with Gasteiger partial charge in [-0.1, -0.05) is 54.6 Å². The summed E-state index contributed by atoms with van der Waals surface area (Å²) in [6.07, 6.45) is 8.10. The van der Waals surface area contributed by atoms with E-state index in [0.717, 1.165) is 22.8 Å². The van der Waals surface area contributed by atoms with Crippen molar-refractivity contribution in [3.8, 4) is 16.9 Å². The highest BCUT2D eigenvalue weighted by molar-refractivity contribution is 6.22. The van der Waals surface area contributed by atoms with Crippen molar-refractivity contribution in [2.24, 2.45) is 0 Å². The lowest BCUT2D eigenvalue weighted by molar-refractivity contribution is 1.17. The van der Waals surface area contributed by atoms with E-state index in [2.05, 4.69) is 118 Å². The molecule has 4 aromatic carbocycles. The molecule has 1 aliphatic rings. The van der Waals surface area contributed by atoms with Crippen molar-refractivity contribution in [1.82, 2.24) is 14.5 Å². The van der Waals surface area contributed by atoms with Gasteiger partial charge in [0.05, 0.1) is 22.4 Å². The summed E-state index contributed by atoms with van der Waals surface area (Å²) >= 11 is 0. The Labute approximate surface area is 219 Å². The molecule has 0 amide bonds. The summed E-state index contributed by atoms with van der Waals surface area (Å²) in [5.41, 5.74) is 7.91. The first-order chi connectivity index (χ1) is 18.9. The zero-order chi connectivity index (χ0) is 25.1. The Morgan fingerprint density at radius 1 is 0.632 bits per heavy atom. The summed E-state index contributed by atoms with van der Waals surface area (Å²) in [5, 5.41) is 4.99. The first-order valence-electron chi connectivity index (χ1n) is 12.8. The van der Waals surface area contributed by atoms with Crippen LogP contribution >= 0.6 is 0 Å². The number of nitrogens with zero attached hydrogens (tertiary/aromatic N) is 4. The standard InChI is InChI=1S/C34H22N4/c1-2-10-25(11-3-1)38-29-14-5-4-12-26(29)34-27-18-20-37(30-15-8-9-23(33(27)30)21-31(34)38)32-17-16-24(22-36-32)28-13-6-7-19-35-28/h1-22H. The van der Waals surface area contributed by atoms with Gasteiger partial charge in [-0.05, 0) is 71.6 Å². The number of hydrogen-bond donors (Lipinski definition) is 0. The third-order valence-electron chi connectivity index (χ3n) is 7.44. The predicted octanol–water partition coefficient (Wildman–Crippen LogP) is 8.52. The second kappa shape index (κ2) is 8.15. The summed E-state index contributed by atoms with van der Waals surface area (Å²) in [6, 6.07) is 38.3. The highest BCUT2D eigenvalue weighted by Gasteiger charge is 2.23. The van der Waals surface area contributed by atoms with Gasteiger partial charge in [0.2, 0.25) is 0 Å². The third kappa shape index (κ3) is 3.04. The van der Waals surface area contributed by atoms with Gasteiger partial charge in [-0.3, -0.25) is 4.98 Å². The Bertz CT molecular complexity index is 2000. The molecular weight excluding hydrogens is 464 g/mol. The Morgan fingerprint density at radius 3 is 2.34 bits per heavy atom. The quantitative estimate of drug-likeness (QED) is 0.251. The zero-order valence-corrected chi connectivity index (χ0v) is 20.5. The number of rotatable bonds is 3. The molecule has 4 heteroatoms. The van der Waals surface area contributed by atoms with Crippen molar-refractivity contribution in [2.75, 3.05) is 4.90 Å². The largest absolute Gasteiger partial charge is 0.309 e. The van der Waals surface area contributed by atoms with E-state index in [4.69, 9.17) is 4.98 Å². The van der Waals surface area contributed by atoms with E-state index in [0.29, 0.717) is 0 Å². The Balaban J connectivity index is 1.35. The van der Waals surface area contributed by atoms with Crippen LogP contribution in [-0.4, -0.2) is 14.5 Å². The average molecular weight is 487 g/mol. The van der Waals surface area contributed by atoms with Crippen LogP contribution in [0.15, 0.2) is 128 Å². The molecule has 0 saturated carbocycles. The second-order valence-electron chi connectivity index (χ2n) is 9.55. The van der Waals surface area contributed by atoms with Crippen molar-refractivity contribution < 1.29 is 0 Å². The van der Waals surface area contributed by atoms with E-state index in [-0.39, 0.29) is 0 Å². The summed E-state index contributed by atoms with van der Waals surface area (Å²) in [6.45, 7) is 0. The predicted molar refractivity (Wildman–Crippen MR) is 157 cm³/mol. The normalized spacial score (nSPS) is 12.6. The molecule has 0 aliphatic carbocycles. The van der Waals surface area contributed by atoms with Gasteiger partial charge in [0.25, 0.3) is 0 Å². The van der Waals surface area contributed by atoms with Gasteiger partial charge in [-0.15, -0.1) is 0 Å².